The molecule has 1 heterocycles. The Morgan fingerprint density at radius 3 is 2.67 bits per heavy atom. The van der Waals surface area contributed by atoms with Crippen molar-refractivity contribution < 1.29 is 17.6 Å². The van der Waals surface area contributed by atoms with Gasteiger partial charge in [0.15, 0.2) is 6.17 Å². The van der Waals surface area contributed by atoms with Gasteiger partial charge in [-0.15, -0.1) is 0 Å². The predicted molar refractivity (Wildman–Crippen MR) is 40.2 cm³/mol. The molecule has 70 valence electrons. The fourth-order valence-electron chi connectivity index (χ4n) is 1.11. The summed E-state index contributed by atoms with van der Waals surface area (Å²) in [5.74, 6) is -3.31. The Kier molecular flexibility index (Phi) is 3.17. The van der Waals surface area contributed by atoms with Crippen LogP contribution in [0.4, 0.5) is 13.2 Å². The minimum Gasteiger partial charge on any atom is -0.408 e. The van der Waals surface area contributed by atoms with Crippen molar-refractivity contribution in [3.8, 4) is 0 Å². The largest absolute Gasteiger partial charge is 0.408 e. The van der Waals surface area contributed by atoms with Crippen LogP contribution in [0.2, 0.25) is 6.04 Å². The van der Waals surface area contributed by atoms with Crippen molar-refractivity contribution in [1.82, 2.24) is 0 Å². The van der Waals surface area contributed by atoms with Crippen molar-refractivity contribution in [2.75, 3.05) is 0 Å². The number of halogens is 3. The second-order valence-corrected chi connectivity index (χ2v) is 3.96. The number of hydrogen-bond donors (Lipinski definition) is 0. The second-order valence-electron chi connectivity index (χ2n) is 2.93. The standard InChI is InChI=1S/C7H11F3OSi/c1-5(8)7(9,10)6-3-2-4-12-11-6/h5-6H,2-4H2,1H3. The molecule has 1 saturated heterocycles. The van der Waals surface area contributed by atoms with Crippen LogP contribution >= 0.6 is 0 Å². The molecule has 2 radical (unpaired) electrons. The maximum Gasteiger partial charge on any atom is 0.302 e. The smallest absolute Gasteiger partial charge is 0.302 e. The summed E-state index contributed by atoms with van der Waals surface area (Å²) in [5.41, 5.74) is 0. The van der Waals surface area contributed by atoms with Gasteiger partial charge in [-0.3, -0.25) is 0 Å². The van der Waals surface area contributed by atoms with Gasteiger partial charge in [0.05, 0.1) is 0 Å². The molecule has 2 atom stereocenters. The molecule has 0 N–H and O–H groups in total. The quantitative estimate of drug-likeness (QED) is 0.615. The van der Waals surface area contributed by atoms with E-state index in [1.807, 2.05) is 0 Å². The highest BCUT2D eigenvalue weighted by molar-refractivity contribution is 6.27. The van der Waals surface area contributed by atoms with Crippen molar-refractivity contribution in [3.05, 3.63) is 0 Å². The fourth-order valence-corrected chi connectivity index (χ4v) is 2.05. The minimum absolute atomic E-state index is 0.102. The molecule has 0 bridgehead atoms. The van der Waals surface area contributed by atoms with Gasteiger partial charge in [0.2, 0.25) is 9.76 Å². The fraction of sp³-hybridized carbons (Fsp3) is 1.00. The van der Waals surface area contributed by atoms with E-state index in [1.165, 1.54) is 0 Å². The molecule has 1 aliphatic rings. The van der Waals surface area contributed by atoms with Crippen LogP contribution in [0.3, 0.4) is 0 Å². The van der Waals surface area contributed by atoms with Crippen molar-refractivity contribution in [2.45, 2.75) is 44.0 Å². The average molecular weight is 196 g/mol. The normalized spacial score (nSPS) is 28.5. The second kappa shape index (κ2) is 3.78. The topological polar surface area (TPSA) is 9.23 Å². The Hall–Kier alpha value is -0.0331. The number of hydrogen-bond acceptors (Lipinski definition) is 1. The zero-order chi connectivity index (χ0) is 9.19. The van der Waals surface area contributed by atoms with E-state index < -0.39 is 18.2 Å². The minimum atomic E-state index is -3.31. The Morgan fingerprint density at radius 2 is 2.25 bits per heavy atom. The molecule has 0 amide bonds. The predicted octanol–water partition coefficient (Wildman–Crippen LogP) is 2.20. The van der Waals surface area contributed by atoms with Crippen molar-refractivity contribution in [2.24, 2.45) is 0 Å². The summed E-state index contributed by atoms with van der Waals surface area (Å²) in [7, 11) is 0.102. The Labute approximate surface area is 72.2 Å². The van der Waals surface area contributed by atoms with Gasteiger partial charge in [-0.2, -0.15) is 0 Å². The van der Waals surface area contributed by atoms with E-state index in [0.717, 1.165) is 13.0 Å². The van der Waals surface area contributed by atoms with Crippen LogP contribution in [-0.4, -0.2) is 28.0 Å². The molecule has 0 spiro atoms. The summed E-state index contributed by atoms with van der Waals surface area (Å²) in [5, 5.41) is 0. The molecule has 0 aromatic carbocycles. The van der Waals surface area contributed by atoms with E-state index in [-0.39, 0.29) is 16.2 Å². The Balaban J connectivity index is 2.53. The Morgan fingerprint density at radius 1 is 1.58 bits per heavy atom. The summed E-state index contributed by atoms with van der Waals surface area (Å²) >= 11 is 0. The van der Waals surface area contributed by atoms with Crippen LogP contribution in [-0.2, 0) is 4.43 Å². The molecule has 1 aliphatic heterocycles. The van der Waals surface area contributed by atoms with Gasteiger partial charge in [-0.05, 0) is 19.4 Å². The molecule has 0 aromatic heterocycles. The summed E-state index contributed by atoms with van der Waals surface area (Å²) in [6.07, 6.45) is -2.34. The highest BCUT2D eigenvalue weighted by atomic mass is 28.2. The molecule has 1 fully saturated rings. The van der Waals surface area contributed by atoms with Gasteiger partial charge in [0.25, 0.3) is 0 Å². The van der Waals surface area contributed by atoms with Gasteiger partial charge in [0, 0.05) is 0 Å². The molecule has 0 aromatic rings. The molecule has 5 heteroatoms. The molecule has 12 heavy (non-hydrogen) atoms. The van der Waals surface area contributed by atoms with Gasteiger partial charge in [-0.1, -0.05) is 6.42 Å². The first kappa shape index (κ1) is 10.1. The van der Waals surface area contributed by atoms with Crippen LogP contribution in [0.5, 0.6) is 0 Å². The third-order valence-electron chi connectivity index (χ3n) is 1.93. The van der Waals surface area contributed by atoms with Gasteiger partial charge in [0.1, 0.15) is 6.10 Å². The van der Waals surface area contributed by atoms with E-state index >= 15 is 0 Å². The molecule has 0 saturated carbocycles. The number of rotatable bonds is 2. The van der Waals surface area contributed by atoms with E-state index in [0.29, 0.717) is 6.42 Å². The highest BCUT2D eigenvalue weighted by Crippen LogP contribution is 2.32. The lowest BCUT2D eigenvalue weighted by Crippen LogP contribution is -2.44. The molecule has 1 rings (SSSR count). The first-order chi connectivity index (χ1) is 5.55. The van der Waals surface area contributed by atoms with E-state index in [1.54, 1.807) is 0 Å². The summed E-state index contributed by atoms with van der Waals surface area (Å²) in [6.45, 7) is 0.876. The Bertz CT molecular complexity index is 146. The van der Waals surface area contributed by atoms with E-state index in [9.17, 15) is 13.2 Å². The summed E-state index contributed by atoms with van der Waals surface area (Å²) < 4.78 is 43.2. The highest BCUT2D eigenvalue weighted by Gasteiger charge is 2.46. The molecule has 2 unspecified atom stereocenters. The molecule has 0 aliphatic carbocycles. The zero-order valence-electron chi connectivity index (χ0n) is 6.82. The van der Waals surface area contributed by atoms with Gasteiger partial charge >= 0.3 is 5.92 Å². The van der Waals surface area contributed by atoms with Gasteiger partial charge < -0.3 is 4.43 Å². The molecular weight excluding hydrogens is 185 g/mol. The van der Waals surface area contributed by atoms with Crippen LogP contribution in [0.1, 0.15) is 19.8 Å². The first-order valence-corrected chi connectivity index (χ1v) is 5.07. The van der Waals surface area contributed by atoms with Crippen LogP contribution in [0, 0.1) is 0 Å². The third kappa shape index (κ3) is 2.01. The van der Waals surface area contributed by atoms with E-state index in [2.05, 4.69) is 0 Å². The summed E-state index contributed by atoms with van der Waals surface area (Å²) in [6, 6.07) is 0.827. The SMILES string of the molecule is CC(F)C(F)(F)C1CCC[Si]O1. The van der Waals surface area contributed by atoms with Crippen molar-refractivity contribution in [3.63, 3.8) is 0 Å². The monoisotopic (exact) mass is 196 g/mol. The average Bonchev–Trinajstić information content (AvgIpc) is 2.06. The maximum atomic E-state index is 12.9. The lowest BCUT2D eigenvalue weighted by molar-refractivity contribution is -0.144. The molecule has 1 nitrogen and oxygen atoms in total. The lowest BCUT2D eigenvalue weighted by atomic mass is 10.0. The lowest BCUT2D eigenvalue weighted by Gasteiger charge is -2.30. The van der Waals surface area contributed by atoms with Crippen LogP contribution in [0.25, 0.3) is 0 Å². The van der Waals surface area contributed by atoms with Crippen LogP contribution in [0.15, 0.2) is 0 Å². The zero-order valence-corrected chi connectivity index (χ0v) is 7.82. The van der Waals surface area contributed by atoms with Gasteiger partial charge in [-0.25, -0.2) is 13.2 Å². The maximum absolute atomic E-state index is 12.9. The number of alkyl halides is 3. The van der Waals surface area contributed by atoms with E-state index in [4.69, 9.17) is 4.43 Å². The van der Waals surface area contributed by atoms with Crippen molar-refractivity contribution >= 4 is 9.76 Å². The van der Waals surface area contributed by atoms with Crippen molar-refractivity contribution in [1.29, 1.82) is 0 Å². The molecular formula is C7H11F3OSi. The van der Waals surface area contributed by atoms with Crippen LogP contribution < -0.4 is 0 Å². The third-order valence-corrected chi connectivity index (χ3v) is 2.94. The summed E-state index contributed by atoms with van der Waals surface area (Å²) in [4.78, 5) is 0. The first-order valence-electron chi connectivity index (χ1n) is 3.95.